The van der Waals surface area contributed by atoms with Gasteiger partial charge in [-0.1, -0.05) is 18.2 Å². The predicted molar refractivity (Wildman–Crippen MR) is 135 cm³/mol. The van der Waals surface area contributed by atoms with Crippen LogP contribution in [-0.2, 0) is 4.74 Å². The Balaban J connectivity index is 1.58. The Kier molecular flexibility index (Phi) is 8.27. The number of carbonyl (C=O) groups excluding carboxylic acids is 2. The molecule has 0 atom stereocenters. The third kappa shape index (κ3) is 6.06. The number of nitrogens with one attached hydrogen (secondary N) is 3. The van der Waals surface area contributed by atoms with Gasteiger partial charge in [0.2, 0.25) is 0 Å². The number of morpholine rings is 1. The number of urea groups is 1. The molecule has 2 heterocycles. The van der Waals surface area contributed by atoms with E-state index in [1.165, 1.54) is 7.11 Å². The second kappa shape index (κ2) is 12.0. The van der Waals surface area contributed by atoms with Gasteiger partial charge in [0.1, 0.15) is 0 Å². The third-order valence-electron chi connectivity index (χ3n) is 5.41. The van der Waals surface area contributed by atoms with Crippen LogP contribution in [0.15, 0.2) is 54.6 Å². The summed E-state index contributed by atoms with van der Waals surface area (Å²) in [7, 11) is 1.44. The van der Waals surface area contributed by atoms with Gasteiger partial charge in [0, 0.05) is 36.6 Å². The van der Waals surface area contributed by atoms with Gasteiger partial charge in [-0.05, 0) is 36.4 Å². The lowest BCUT2D eigenvalue weighted by Crippen LogP contribution is -2.41. The number of anilines is 3. The minimum Gasteiger partial charge on any atom is -0.491 e. The van der Waals surface area contributed by atoms with E-state index >= 15 is 0 Å². The van der Waals surface area contributed by atoms with Gasteiger partial charge >= 0.3 is 6.03 Å². The molecule has 1 aliphatic rings. The average Bonchev–Trinajstić information content (AvgIpc) is 2.92. The average molecular weight is 493 g/mol. The van der Waals surface area contributed by atoms with Gasteiger partial charge in [-0.15, -0.1) is 0 Å². The van der Waals surface area contributed by atoms with E-state index in [1.807, 2.05) is 18.2 Å². The highest BCUT2D eigenvalue weighted by molar-refractivity contribution is 6.00. The van der Waals surface area contributed by atoms with Gasteiger partial charge in [-0.2, -0.15) is 0 Å². The largest absolute Gasteiger partial charge is 0.491 e. The Labute approximate surface area is 208 Å². The van der Waals surface area contributed by atoms with Crippen LogP contribution >= 0.6 is 0 Å². The summed E-state index contributed by atoms with van der Waals surface area (Å²) < 4.78 is 10.8. The number of methoxy groups -OCH3 is 1. The predicted octanol–water partition coefficient (Wildman–Crippen LogP) is 2.67. The maximum Gasteiger partial charge on any atom is 0.323 e. The Bertz CT molecular complexity index is 1180. The number of nitrogens with zero attached hydrogens (tertiary/aromatic N) is 3. The standard InChI is InChI=1S/C25H28N6O5/c1-35-21-20(24(33)31-12-15-36-16-13-31)29-22(30-23(21)26-11-14-32)17-7-9-19(10-8-17)28-25(34)27-18-5-3-2-4-6-18/h2-10,32H,11-16H2,1H3,(H,26,29,30)(H2,27,28,34). The highest BCUT2D eigenvalue weighted by Gasteiger charge is 2.27. The van der Waals surface area contributed by atoms with Gasteiger partial charge in [-0.3, -0.25) is 4.79 Å². The molecule has 0 saturated carbocycles. The van der Waals surface area contributed by atoms with Crippen molar-refractivity contribution in [1.82, 2.24) is 14.9 Å². The molecule has 0 radical (unpaired) electrons. The van der Waals surface area contributed by atoms with Crippen molar-refractivity contribution < 1.29 is 24.2 Å². The molecule has 0 unspecified atom stereocenters. The number of hydrogen-bond acceptors (Lipinski definition) is 8. The van der Waals surface area contributed by atoms with Crippen molar-refractivity contribution in [3.63, 3.8) is 0 Å². The van der Waals surface area contributed by atoms with Crippen LogP contribution in [0.5, 0.6) is 5.75 Å². The molecule has 36 heavy (non-hydrogen) atoms. The maximum atomic E-state index is 13.3. The smallest absolute Gasteiger partial charge is 0.323 e. The van der Waals surface area contributed by atoms with Gasteiger partial charge in [0.05, 0.1) is 26.9 Å². The van der Waals surface area contributed by atoms with E-state index in [-0.39, 0.29) is 36.5 Å². The minimum atomic E-state index is -0.372. The number of ether oxygens (including phenoxy) is 2. The fourth-order valence-electron chi connectivity index (χ4n) is 3.65. The van der Waals surface area contributed by atoms with Crippen LogP contribution in [0.1, 0.15) is 10.5 Å². The number of amides is 3. The summed E-state index contributed by atoms with van der Waals surface area (Å²) in [4.78, 5) is 36.3. The minimum absolute atomic E-state index is 0.120. The lowest BCUT2D eigenvalue weighted by molar-refractivity contribution is 0.0297. The summed E-state index contributed by atoms with van der Waals surface area (Å²) in [5.74, 6) is 0.520. The van der Waals surface area contributed by atoms with Crippen LogP contribution in [0.3, 0.4) is 0 Å². The highest BCUT2D eigenvalue weighted by atomic mass is 16.5. The number of hydrogen-bond donors (Lipinski definition) is 4. The van der Waals surface area contributed by atoms with Crippen molar-refractivity contribution in [3.05, 3.63) is 60.3 Å². The van der Waals surface area contributed by atoms with Gasteiger partial charge in [0.15, 0.2) is 23.1 Å². The third-order valence-corrected chi connectivity index (χ3v) is 5.41. The molecule has 0 spiro atoms. The number of para-hydroxylation sites is 1. The SMILES string of the molecule is COc1c(NCCO)nc(-c2ccc(NC(=O)Nc3ccccc3)cc2)nc1C(=O)N1CCOCC1. The highest BCUT2D eigenvalue weighted by Crippen LogP contribution is 2.30. The molecule has 1 saturated heterocycles. The van der Waals surface area contributed by atoms with Crippen molar-refractivity contribution in [3.8, 4) is 17.1 Å². The lowest BCUT2D eigenvalue weighted by atomic mass is 10.1. The molecule has 0 bridgehead atoms. The van der Waals surface area contributed by atoms with Crippen LogP contribution in [0.2, 0.25) is 0 Å². The number of aliphatic hydroxyl groups is 1. The Morgan fingerprint density at radius 3 is 2.31 bits per heavy atom. The zero-order valence-corrected chi connectivity index (χ0v) is 19.9. The molecule has 4 N–H and O–H groups in total. The molecular weight excluding hydrogens is 464 g/mol. The molecule has 3 amide bonds. The maximum absolute atomic E-state index is 13.3. The van der Waals surface area contributed by atoms with Gasteiger partial charge < -0.3 is 35.4 Å². The summed E-state index contributed by atoms with van der Waals surface area (Å²) in [6.07, 6.45) is 0. The van der Waals surface area contributed by atoms with E-state index in [0.29, 0.717) is 54.9 Å². The number of aliphatic hydroxyl groups excluding tert-OH is 1. The normalized spacial score (nSPS) is 13.1. The van der Waals surface area contributed by atoms with Gasteiger partial charge in [0.25, 0.3) is 5.91 Å². The number of aromatic nitrogens is 2. The monoisotopic (exact) mass is 492 g/mol. The van der Waals surface area contributed by atoms with Crippen molar-refractivity contribution >= 4 is 29.1 Å². The van der Waals surface area contributed by atoms with E-state index in [4.69, 9.17) is 9.47 Å². The first-order valence-electron chi connectivity index (χ1n) is 11.5. The Hall–Kier alpha value is -4.22. The van der Waals surface area contributed by atoms with Crippen LogP contribution in [-0.4, -0.2) is 78.5 Å². The fraction of sp³-hybridized carbons (Fsp3) is 0.280. The first-order valence-corrected chi connectivity index (χ1v) is 11.5. The molecule has 2 aromatic carbocycles. The quantitative estimate of drug-likeness (QED) is 0.377. The molecule has 1 fully saturated rings. The van der Waals surface area contributed by atoms with Crippen LogP contribution in [0.4, 0.5) is 22.0 Å². The summed E-state index contributed by atoms with van der Waals surface area (Å²) in [5, 5.41) is 17.8. The van der Waals surface area contributed by atoms with E-state index < -0.39 is 0 Å². The Morgan fingerprint density at radius 2 is 1.67 bits per heavy atom. The number of benzene rings is 2. The van der Waals surface area contributed by atoms with Crippen molar-refractivity contribution in [2.24, 2.45) is 0 Å². The first-order chi connectivity index (χ1) is 17.6. The van der Waals surface area contributed by atoms with Crippen LogP contribution < -0.4 is 20.7 Å². The molecule has 4 rings (SSSR count). The Morgan fingerprint density at radius 1 is 1.00 bits per heavy atom. The zero-order chi connectivity index (χ0) is 25.3. The zero-order valence-electron chi connectivity index (χ0n) is 19.9. The second-order valence-electron chi connectivity index (χ2n) is 7.86. The molecular formula is C25H28N6O5. The van der Waals surface area contributed by atoms with Crippen molar-refractivity contribution in [2.75, 3.05) is 62.5 Å². The molecule has 0 aliphatic carbocycles. The fourth-order valence-corrected chi connectivity index (χ4v) is 3.65. The number of carbonyl (C=O) groups is 2. The van der Waals surface area contributed by atoms with Crippen molar-refractivity contribution in [2.45, 2.75) is 0 Å². The summed E-state index contributed by atoms with van der Waals surface area (Å²) in [6.45, 7) is 1.90. The number of rotatable bonds is 8. The molecule has 1 aliphatic heterocycles. The summed E-state index contributed by atoms with van der Waals surface area (Å²) >= 11 is 0. The molecule has 1 aromatic heterocycles. The lowest BCUT2D eigenvalue weighted by Gasteiger charge is -2.27. The van der Waals surface area contributed by atoms with E-state index in [2.05, 4.69) is 25.9 Å². The summed E-state index contributed by atoms with van der Waals surface area (Å²) in [5.41, 5.74) is 2.01. The second-order valence-corrected chi connectivity index (χ2v) is 7.86. The van der Waals surface area contributed by atoms with E-state index in [1.54, 1.807) is 41.3 Å². The van der Waals surface area contributed by atoms with Crippen molar-refractivity contribution in [1.29, 1.82) is 0 Å². The molecule has 3 aromatic rings. The van der Waals surface area contributed by atoms with Crippen LogP contribution in [0.25, 0.3) is 11.4 Å². The van der Waals surface area contributed by atoms with E-state index in [9.17, 15) is 14.7 Å². The molecule has 11 heteroatoms. The van der Waals surface area contributed by atoms with Gasteiger partial charge in [-0.25, -0.2) is 14.8 Å². The topological polar surface area (TPSA) is 138 Å². The van der Waals surface area contributed by atoms with Crippen LogP contribution in [0, 0.1) is 0 Å². The van der Waals surface area contributed by atoms with E-state index in [0.717, 1.165) is 0 Å². The molecule has 188 valence electrons. The summed E-state index contributed by atoms with van der Waals surface area (Å²) in [6, 6.07) is 15.7. The molecule has 11 nitrogen and oxygen atoms in total. The first kappa shape index (κ1) is 24.9.